The first kappa shape index (κ1) is 19.1. The van der Waals surface area contributed by atoms with Crippen molar-refractivity contribution in [3.8, 4) is 0 Å². The third-order valence-corrected chi connectivity index (χ3v) is 2.58. The summed E-state index contributed by atoms with van der Waals surface area (Å²) >= 11 is 0. The summed E-state index contributed by atoms with van der Waals surface area (Å²) < 4.78 is 5.03. The molecule has 0 spiro atoms. The summed E-state index contributed by atoms with van der Waals surface area (Å²) in [5.74, 6) is -0.148. The first-order valence-electron chi connectivity index (χ1n) is 6.61. The summed E-state index contributed by atoms with van der Waals surface area (Å²) in [4.78, 5) is 11.0. The van der Waals surface area contributed by atoms with Gasteiger partial charge in [-0.1, -0.05) is 51.9 Å². The Bertz CT molecular complexity index is 165. The summed E-state index contributed by atoms with van der Waals surface area (Å²) in [6, 6.07) is 0. The van der Waals surface area contributed by atoms with E-state index in [-0.39, 0.29) is 18.4 Å². The zero-order valence-electron chi connectivity index (χ0n) is 11.3. The molecule has 0 radical (unpaired) electrons. The molecule has 0 aliphatic carbocycles. The van der Waals surface area contributed by atoms with E-state index in [1.165, 1.54) is 44.9 Å². The molecule has 104 valence electrons. The van der Waals surface area contributed by atoms with Crippen LogP contribution < -0.4 is 5.32 Å². The lowest BCUT2D eigenvalue weighted by atomic mass is 10.1. The van der Waals surface area contributed by atoms with Gasteiger partial charge in [-0.2, -0.15) is 0 Å². The van der Waals surface area contributed by atoms with Crippen LogP contribution in [0.2, 0.25) is 0 Å². The number of hydrogen-bond acceptors (Lipinski definition) is 3. The van der Waals surface area contributed by atoms with Gasteiger partial charge < -0.3 is 10.1 Å². The Morgan fingerprint density at radius 2 is 1.53 bits per heavy atom. The Hall–Kier alpha value is -0.280. The molecule has 0 aromatic heterocycles. The number of unbranched alkanes of at least 4 members (excludes halogenated alkanes) is 7. The van der Waals surface area contributed by atoms with Crippen LogP contribution in [0.3, 0.4) is 0 Å². The summed E-state index contributed by atoms with van der Waals surface area (Å²) in [6.07, 6.45) is 10.2. The molecular weight excluding hydrogens is 238 g/mol. The van der Waals surface area contributed by atoms with Crippen molar-refractivity contribution in [1.82, 2.24) is 5.32 Å². The molecule has 0 saturated heterocycles. The van der Waals surface area contributed by atoms with Crippen LogP contribution in [-0.4, -0.2) is 26.2 Å². The highest BCUT2D eigenvalue weighted by molar-refractivity contribution is 5.85. The minimum atomic E-state index is -0.148. The van der Waals surface area contributed by atoms with Crippen molar-refractivity contribution in [2.75, 3.05) is 20.2 Å². The second-order valence-electron chi connectivity index (χ2n) is 4.23. The highest BCUT2D eigenvalue weighted by Crippen LogP contribution is 2.08. The topological polar surface area (TPSA) is 38.3 Å². The van der Waals surface area contributed by atoms with Crippen LogP contribution in [-0.2, 0) is 9.53 Å². The lowest BCUT2D eigenvalue weighted by Gasteiger charge is -2.04. The van der Waals surface area contributed by atoms with Gasteiger partial charge in [0.15, 0.2) is 0 Å². The largest absolute Gasteiger partial charge is 0.465 e. The second kappa shape index (κ2) is 15.7. The van der Waals surface area contributed by atoms with E-state index in [9.17, 15) is 4.79 Å². The van der Waals surface area contributed by atoms with E-state index in [2.05, 4.69) is 12.2 Å². The smallest absolute Gasteiger partial charge is 0.319 e. The average Bonchev–Trinajstić information content (AvgIpc) is 2.27. The van der Waals surface area contributed by atoms with Crippen molar-refractivity contribution in [3.63, 3.8) is 0 Å². The molecule has 0 heterocycles. The molecule has 0 unspecified atom stereocenters. The van der Waals surface area contributed by atoms with Crippen LogP contribution in [0.1, 0.15) is 58.3 Å². The van der Waals surface area contributed by atoms with Gasteiger partial charge in [0.05, 0.1) is 13.2 Å². The Labute approximate surface area is 112 Å². The van der Waals surface area contributed by atoms with Crippen LogP contribution >= 0.6 is 12.4 Å². The number of esters is 1. The highest BCUT2D eigenvalue weighted by Gasteiger charge is 1.99. The predicted molar refractivity (Wildman–Crippen MR) is 74.7 cm³/mol. The fraction of sp³-hybridized carbons (Fsp3) is 0.923. The van der Waals surface area contributed by atoms with Crippen LogP contribution in [0.25, 0.3) is 0 Å². The van der Waals surface area contributed by atoms with Gasteiger partial charge in [0.2, 0.25) is 0 Å². The standard InChI is InChI=1S/C13H27NO2.ClH/c1-3-4-5-6-7-8-9-10-11-16-13(15)12-14-2;/h14H,3-12H2,1-2H3;1H. The summed E-state index contributed by atoms with van der Waals surface area (Å²) in [5, 5.41) is 2.77. The number of hydrogen-bond donors (Lipinski definition) is 1. The van der Waals surface area contributed by atoms with Crippen molar-refractivity contribution in [1.29, 1.82) is 0 Å². The maximum atomic E-state index is 11.0. The molecule has 0 saturated carbocycles. The molecule has 0 aliphatic heterocycles. The van der Waals surface area contributed by atoms with Gasteiger partial charge in [-0.3, -0.25) is 4.79 Å². The van der Waals surface area contributed by atoms with Gasteiger partial charge >= 0.3 is 5.97 Å². The van der Waals surface area contributed by atoms with Gasteiger partial charge in [-0.15, -0.1) is 12.4 Å². The number of carbonyl (C=O) groups is 1. The molecule has 0 atom stereocenters. The van der Waals surface area contributed by atoms with Gasteiger partial charge in [0.1, 0.15) is 0 Å². The minimum absolute atomic E-state index is 0. The highest BCUT2D eigenvalue weighted by atomic mass is 35.5. The fourth-order valence-corrected chi connectivity index (χ4v) is 1.62. The van der Waals surface area contributed by atoms with E-state index < -0.39 is 0 Å². The van der Waals surface area contributed by atoms with Crippen LogP contribution in [0.4, 0.5) is 0 Å². The molecule has 3 nitrogen and oxygen atoms in total. The molecule has 0 aromatic rings. The lowest BCUT2D eigenvalue weighted by molar-refractivity contribution is -0.142. The van der Waals surface area contributed by atoms with Crippen molar-refractivity contribution in [2.45, 2.75) is 58.3 Å². The summed E-state index contributed by atoms with van der Waals surface area (Å²) in [5.41, 5.74) is 0. The number of likely N-dealkylation sites (N-methyl/N-ethyl adjacent to an activating group) is 1. The maximum Gasteiger partial charge on any atom is 0.319 e. The van der Waals surface area contributed by atoms with Crippen molar-refractivity contribution in [3.05, 3.63) is 0 Å². The van der Waals surface area contributed by atoms with Gasteiger partial charge in [0, 0.05) is 0 Å². The van der Waals surface area contributed by atoms with Crippen LogP contribution in [0.5, 0.6) is 0 Å². The third kappa shape index (κ3) is 15.7. The monoisotopic (exact) mass is 265 g/mol. The van der Waals surface area contributed by atoms with Gasteiger partial charge in [-0.25, -0.2) is 0 Å². The number of carbonyl (C=O) groups excluding carboxylic acids is 1. The molecule has 17 heavy (non-hydrogen) atoms. The number of nitrogens with one attached hydrogen (secondary N) is 1. The van der Waals surface area contributed by atoms with Crippen LogP contribution in [0.15, 0.2) is 0 Å². The van der Waals surface area contributed by atoms with E-state index >= 15 is 0 Å². The molecule has 1 N–H and O–H groups in total. The maximum absolute atomic E-state index is 11.0. The molecule has 0 rings (SSSR count). The Kier molecular flexibility index (Phi) is 17.6. The van der Waals surface area contributed by atoms with E-state index in [4.69, 9.17) is 4.74 Å². The average molecular weight is 266 g/mol. The van der Waals surface area contributed by atoms with Crippen molar-refractivity contribution in [2.24, 2.45) is 0 Å². The van der Waals surface area contributed by atoms with E-state index in [0.717, 1.165) is 6.42 Å². The summed E-state index contributed by atoms with van der Waals surface area (Å²) in [7, 11) is 1.75. The number of rotatable bonds is 11. The van der Waals surface area contributed by atoms with E-state index in [1.54, 1.807) is 7.05 Å². The van der Waals surface area contributed by atoms with Crippen molar-refractivity contribution < 1.29 is 9.53 Å². The molecule has 0 bridgehead atoms. The first-order chi connectivity index (χ1) is 7.81. The Morgan fingerprint density at radius 3 is 2.06 bits per heavy atom. The summed E-state index contributed by atoms with van der Waals surface area (Å²) in [6.45, 7) is 3.13. The first-order valence-corrected chi connectivity index (χ1v) is 6.61. The fourth-order valence-electron chi connectivity index (χ4n) is 1.62. The van der Waals surface area contributed by atoms with E-state index in [1.807, 2.05) is 0 Å². The lowest BCUT2D eigenvalue weighted by Crippen LogP contribution is -2.21. The SMILES string of the molecule is CCCCCCCCCCOC(=O)CNC.Cl. The van der Waals surface area contributed by atoms with Crippen molar-refractivity contribution >= 4 is 18.4 Å². The zero-order valence-corrected chi connectivity index (χ0v) is 12.1. The number of halogens is 1. The third-order valence-electron chi connectivity index (χ3n) is 2.58. The molecule has 0 amide bonds. The Morgan fingerprint density at radius 1 is 1.00 bits per heavy atom. The normalized spacial score (nSPS) is 9.76. The van der Waals surface area contributed by atoms with Gasteiger partial charge in [0.25, 0.3) is 0 Å². The van der Waals surface area contributed by atoms with Crippen LogP contribution in [0, 0.1) is 0 Å². The predicted octanol–water partition coefficient (Wildman–Crippen LogP) is 3.31. The molecule has 0 fully saturated rings. The second-order valence-corrected chi connectivity index (χ2v) is 4.23. The molecular formula is C13H28ClNO2. The minimum Gasteiger partial charge on any atom is -0.465 e. The van der Waals surface area contributed by atoms with E-state index in [0.29, 0.717) is 13.2 Å². The van der Waals surface area contributed by atoms with Gasteiger partial charge in [-0.05, 0) is 13.5 Å². The zero-order chi connectivity index (χ0) is 12.1. The Balaban J connectivity index is 0. The number of ether oxygens (including phenoxy) is 1. The molecule has 4 heteroatoms. The molecule has 0 aliphatic rings. The quantitative estimate of drug-likeness (QED) is 0.460. The molecule has 0 aromatic carbocycles.